The van der Waals surface area contributed by atoms with Crippen LogP contribution in [0.2, 0.25) is 0 Å². The van der Waals surface area contributed by atoms with Crippen molar-refractivity contribution in [3.05, 3.63) is 242 Å². The van der Waals surface area contributed by atoms with E-state index >= 15 is 0 Å². The van der Waals surface area contributed by atoms with Crippen LogP contribution in [0.15, 0.2) is 235 Å². The van der Waals surface area contributed by atoms with Crippen LogP contribution in [0, 0.1) is 0 Å². The van der Waals surface area contributed by atoms with Crippen LogP contribution >= 0.6 is 11.3 Å². The predicted octanol–water partition coefficient (Wildman–Crippen LogP) is 15.5. The van der Waals surface area contributed by atoms with Crippen molar-refractivity contribution in [1.82, 2.24) is 0 Å². The molecule has 2 nitrogen and oxygen atoms in total. The molecule has 0 saturated heterocycles. The minimum atomic E-state index is 0.567. The van der Waals surface area contributed by atoms with E-state index in [1.54, 1.807) is 6.08 Å². The summed E-state index contributed by atoms with van der Waals surface area (Å²) in [6.45, 7) is 5.99. The van der Waals surface area contributed by atoms with Crippen LogP contribution in [-0.4, -0.2) is 12.1 Å². The third kappa shape index (κ3) is 9.02. The van der Waals surface area contributed by atoms with Gasteiger partial charge in [0.15, 0.2) is 5.84 Å². The molecule has 0 fully saturated rings. The van der Waals surface area contributed by atoms with E-state index in [1.165, 1.54) is 64.7 Å². The van der Waals surface area contributed by atoms with Crippen molar-refractivity contribution in [3.63, 3.8) is 0 Å². The van der Waals surface area contributed by atoms with Gasteiger partial charge in [-0.05, 0) is 75.2 Å². The molecular formula is C56H44N2S. The molecule has 1 aromatic heterocycles. The summed E-state index contributed by atoms with van der Waals surface area (Å²) < 4.78 is 2.49. The fourth-order valence-corrected chi connectivity index (χ4v) is 8.48. The van der Waals surface area contributed by atoms with E-state index in [0.717, 1.165) is 22.5 Å². The van der Waals surface area contributed by atoms with Gasteiger partial charge in [0.1, 0.15) is 0 Å². The maximum Gasteiger partial charge on any atom is 0.154 e. The zero-order chi connectivity index (χ0) is 40.2. The molecule has 3 heteroatoms. The van der Waals surface area contributed by atoms with Gasteiger partial charge in [-0.2, -0.15) is 0 Å². The average molecular weight is 777 g/mol. The van der Waals surface area contributed by atoms with Crippen LogP contribution < -0.4 is 0 Å². The zero-order valence-electron chi connectivity index (χ0n) is 33.1. The van der Waals surface area contributed by atoms with Crippen LogP contribution in [0.5, 0.6) is 0 Å². The molecule has 0 saturated carbocycles. The van der Waals surface area contributed by atoms with Crippen molar-refractivity contribution in [1.29, 1.82) is 0 Å². The van der Waals surface area contributed by atoms with Crippen LogP contribution in [-0.2, 0) is 6.54 Å². The van der Waals surface area contributed by atoms with Crippen LogP contribution in [0.1, 0.15) is 23.6 Å². The van der Waals surface area contributed by atoms with Crippen molar-refractivity contribution in [3.8, 4) is 44.5 Å². The highest BCUT2D eigenvalue weighted by atomic mass is 32.1. The highest BCUT2D eigenvalue weighted by Gasteiger charge is 2.16. The molecule has 0 N–H and O–H groups in total. The van der Waals surface area contributed by atoms with Crippen LogP contribution in [0.3, 0.4) is 0 Å². The average Bonchev–Trinajstić information content (AvgIpc) is 3.69. The van der Waals surface area contributed by atoms with Gasteiger partial charge in [0.2, 0.25) is 0 Å². The Labute approximate surface area is 351 Å². The van der Waals surface area contributed by atoms with E-state index in [1.807, 2.05) is 60.9 Å². The molecule has 0 unspecified atom stereocenters. The van der Waals surface area contributed by atoms with Crippen LogP contribution in [0.25, 0.3) is 64.7 Å². The fourth-order valence-electron chi connectivity index (χ4n) is 7.36. The van der Waals surface area contributed by atoms with Crippen molar-refractivity contribution >= 4 is 43.6 Å². The van der Waals surface area contributed by atoms with Crippen LogP contribution in [0.4, 0.5) is 0 Å². The molecule has 0 bridgehead atoms. The van der Waals surface area contributed by atoms with E-state index in [-0.39, 0.29) is 0 Å². The van der Waals surface area contributed by atoms with E-state index in [4.69, 9.17) is 9.98 Å². The molecule has 1 heterocycles. The Morgan fingerprint density at radius 2 is 1.12 bits per heavy atom. The number of thiophene rings is 1. The Hall–Kier alpha value is -7.20. The summed E-state index contributed by atoms with van der Waals surface area (Å²) in [7, 11) is 0. The first-order valence-electron chi connectivity index (χ1n) is 19.9. The summed E-state index contributed by atoms with van der Waals surface area (Å²) in [6, 6.07) is 71.0. The van der Waals surface area contributed by atoms with E-state index in [0.29, 0.717) is 6.54 Å². The van der Waals surface area contributed by atoms with Gasteiger partial charge in [-0.1, -0.05) is 207 Å². The van der Waals surface area contributed by atoms with Gasteiger partial charge in [0.25, 0.3) is 0 Å². The maximum atomic E-state index is 5.05. The lowest BCUT2D eigenvalue weighted by atomic mass is 9.87. The van der Waals surface area contributed by atoms with Crippen molar-refractivity contribution < 1.29 is 0 Å². The van der Waals surface area contributed by atoms with Crippen molar-refractivity contribution in [2.75, 3.05) is 0 Å². The molecule has 0 radical (unpaired) electrons. The largest absolute Gasteiger partial charge is 0.261 e. The van der Waals surface area contributed by atoms with Gasteiger partial charge in [0, 0.05) is 37.5 Å². The SMILES string of the molecule is C(=NC(=NCc1ccccc1)c1ccccc1)c1cccc2sc3ccc(-c4cccc(-c5ccc(-c6ccccc6)cc5)c4-c4ccccc4)cc3c12.C=C/C=C\C. The quantitative estimate of drug-likeness (QED) is 0.0792. The molecule has 59 heavy (non-hydrogen) atoms. The molecule has 0 atom stereocenters. The zero-order valence-corrected chi connectivity index (χ0v) is 33.9. The van der Waals surface area contributed by atoms with Gasteiger partial charge >= 0.3 is 0 Å². The Balaban J connectivity index is 0.000000915. The first-order valence-corrected chi connectivity index (χ1v) is 20.7. The highest BCUT2D eigenvalue weighted by molar-refractivity contribution is 7.25. The molecule has 8 aromatic carbocycles. The molecule has 284 valence electrons. The van der Waals surface area contributed by atoms with Gasteiger partial charge < -0.3 is 0 Å². The van der Waals surface area contributed by atoms with E-state index in [9.17, 15) is 0 Å². The Morgan fingerprint density at radius 3 is 1.78 bits per heavy atom. The second kappa shape index (κ2) is 18.8. The predicted molar refractivity (Wildman–Crippen MR) is 257 cm³/mol. The summed E-state index contributed by atoms with van der Waals surface area (Å²) in [6.07, 6.45) is 7.57. The molecule has 0 amide bonds. The number of benzene rings is 8. The molecule has 9 rings (SSSR count). The number of rotatable bonds is 9. The second-order valence-corrected chi connectivity index (χ2v) is 15.2. The van der Waals surface area contributed by atoms with Gasteiger partial charge in [-0.3, -0.25) is 4.99 Å². The standard InChI is InChI=1S/C51H36N2S.C5H8/c1-5-15-36(16-6-1)34-52-51(41-21-11-4-12-22-41)53-35-43-23-13-26-48-50(43)46-33-42(31-32-47(46)54-48)45-25-14-24-44(49(45)40-19-9-3-10-20-40)39-29-27-38(28-30-39)37-17-7-2-8-18-37;1-3-5-4-2/h1-33,35H,34H2;3-5H,1H2,2H3/b;5-4-. The number of nitrogens with zero attached hydrogens (tertiary/aromatic N) is 2. The number of fused-ring (bicyclic) bond motifs is 3. The number of hydrogen-bond acceptors (Lipinski definition) is 2. The lowest BCUT2D eigenvalue weighted by Gasteiger charge is -2.17. The first kappa shape index (κ1) is 38.7. The molecule has 0 aliphatic rings. The third-order valence-electron chi connectivity index (χ3n) is 10.2. The van der Waals surface area contributed by atoms with Gasteiger partial charge in [-0.15, -0.1) is 11.3 Å². The van der Waals surface area contributed by atoms with Gasteiger partial charge in [0.05, 0.1) is 6.54 Å². The monoisotopic (exact) mass is 776 g/mol. The summed E-state index contributed by atoms with van der Waals surface area (Å²) in [5.74, 6) is 0.720. The number of hydrogen-bond donors (Lipinski definition) is 0. The van der Waals surface area contributed by atoms with Crippen molar-refractivity contribution in [2.24, 2.45) is 9.98 Å². The minimum Gasteiger partial charge on any atom is -0.261 e. The number of aliphatic imine (C=N–C) groups is 2. The number of allylic oxidation sites excluding steroid dienone is 3. The summed E-state index contributed by atoms with van der Waals surface area (Å²) in [5, 5.41) is 2.45. The summed E-state index contributed by atoms with van der Waals surface area (Å²) >= 11 is 1.83. The molecule has 0 aliphatic heterocycles. The molecular weight excluding hydrogens is 733 g/mol. The normalized spacial score (nSPS) is 11.6. The molecule has 0 aliphatic carbocycles. The van der Waals surface area contributed by atoms with E-state index in [2.05, 4.69) is 183 Å². The Bertz CT molecular complexity index is 2890. The van der Waals surface area contributed by atoms with Gasteiger partial charge in [-0.25, -0.2) is 4.99 Å². The minimum absolute atomic E-state index is 0.567. The van der Waals surface area contributed by atoms with Crippen molar-refractivity contribution in [2.45, 2.75) is 13.5 Å². The third-order valence-corrected chi connectivity index (χ3v) is 11.3. The van der Waals surface area contributed by atoms with E-state index < -0.39 is 0 Å². The summed E-state index contributed by atoms with van der Waals surface area (Å²) in [5.41, 5.74) is 12.9. The molecule has 9 aromatic rings. The topological polar surface area (TPSA) is 24.7 Å². The molecule has 0 spiro atoms. The smallest absolute Gasteiger partial charge is 0.154 e. The lowest BCUT2D eigenvalue weighted by molar-refractivity contribution is 1.06. The number of amidine groups is 1. The lowest BCUT2D eigenvalue weighted by Crippen LogP contribution is -1.99. The first-order chi connectivity index (χ1) is 29.2. The maximum absolute atomic E-state index is 5.05. The summed E-state index contributed by atoms with van der Waals surface area (Å²) in [4.78, 5) is 10.0. The Kier molecular flexibility index (Phi) is 12.3. The Morgan fingerprint density at radius 1 is 0.542 bits per heavy atom. The fraction of sp³-hybridized carbons (Fsp3) is 0.0357. The second-order valence-electron chi connectivity index (χ2n) is 14.1. The highest BCUT2D eigenvalue weighted by Crippen LogP contribution is 2.43.